The standard InChI is InChI=1S/C34H48N8O4.C24H32N8O2.ClH/c43-28(23-46-30-11-5-7-21-45-30)22-40-16-18-41(19-17-40)27-14-12-26(13-15-27)37-34-38-32(36-25-8-2-1-3-9-25)31-33(39-34)42(24-35-31)29-10-4-6-20-44-29;33-15-20(34)14-31-10-12-32(13-11-31)19-8-6-18(7-9-19)28-24-29-22-21(25-16-26-22)23(30-24)27-17-4-2-1-3-5-17;/h12-15,24-25,29-30H,1-11,16-23H2,(H2,36,37,38,39);6-9,16-17,33H,1-5,10-15H2,(H3,25,26,27,28,29,30);1H. The third-order valence-electron chi connectivity index (χ3n) is 16.3. The van der Waals surface area contributed by atoms with Crippen LogP contribution in [0.5, 0.6) is 0 Å². The van der Waals surface area contributed by atoms with Crippen LogP contribution in [-0.4, -0.2) is 176 Å². The molecule has 0 radical (unpaired) electrons. The lowest BCUT2D eigenvalue weighted by atomic mass is 9.95. The molecule has 436 valence electrons. The first-order valence-corrected chi connectivity index (χ1v) is 29.5. The van der Waals surface area contributed by atoms with Crippen LogP contribution in [0, 0.1) is 0 Å². The van der Waals surface area contributed by atoms with Gasteiger partial charge in [-0.05, 0) is 113 Å². The van der Waals surface area contributed by atoms with E-state index < -0.39 is 0 Å². The number of hydrogen-bond donors (Lipinski definition) is 6. The van der Waals surface area contributed by atoms with Crippen LogP contribution in [0.4, 0.5) is 46.3 Å². The summed E-state index contributed by atoms with van der Waals surface area (Å²) in [6.45, 7) is 8.72. The first kappa shape index (κ1) is 57.9. The van der Waals surface area contributed by atoms with Gasteiger partial charge < -0.3 is 55.4 Å². The fourth-order valence-corrected chi connectivity index (χ4v) is 11.8. The summed E-state index contributed by atoms with van der Waals surface area (Å²) in [6.07, 6.45) is 21.7. The van der Waals surface area contributed by atoms with E-state index in [-0.39, 0.29) is 49.7 Å². The molecule has 2 atom stereocenters. The largest absolute Gasteiger partial charge is 0.389 e. The number of nitrogens with zero attached hydrogens (tertiary/aromatic N) is 11. The number of nitrogens with one attached hydrogen (secondary N) is 5. The van der Waals surface area contributed by atoms with Crippen LogP contribution >= 0.6 is 12.4 Å². The summed E-state index contributed by atoms with van der Waals surface area (Å²) >= 11 is 0. The lowest BCUT2D eigenvalue weighted by Gasteiger charge is -2.35. The van der Waals surface area contributed by atoms with Crippen LogP contribution in [0.25, 0.3) is 22.3 Å². The molecule has 6 aromatic rings. The highest BCUT2D eigenvalue weighted by molar-refractivity contribution is 5.86. The summed E-state index contributed by atoms with van der Waals surface area (Å²) in [5.41, 5.74) is 7.22. The summed E-state index contributed by atoms with van der Waals surface area (Å²) in [5, 5.41) is 23.0. The number of benzene rings is 2. The molecule has 2 unspecified atom stereocenters. The normalized spacial score (nSPS) is 20.8. The van der Waals surface area contributed by atoms with Crippen molar-refractivity contribution < 1.29 is 28.9 Å². The Balaban J connectivity index is 0.000000188. The molecule has 22 nitrogen and oxygen atoms in total. The number of aromatic amines is 1. The average molecular weight is 1130 g/mol. The molecule has 6 N–H and O–H groups in total. The molecule has 2 aliphatic carbocycles. The van der Waals surface area contributed by atoms with E-state index in [1.165, 1.54) is 38.5 Å². The molecule has 4 aromatic heterocycles. The van der Waals surface area contributed by atoms with E-state index in [0.717, 1.165) is 181 Å². The second-order valence-electron chi connectivity index (χ2n) is 22.2. The van der Waals surface area contributed by atoms with Gasteiger partial charge in [0.1, 0.15) is 25.0 Å². The number of Topliss-reactive ketones (excluding diaryl/α,β-unsaturated/α-hetero) is 2. The molecule has 8 heterocycles. The zero-order chi connectivity index (χ0) is 54.5. The van der Waals surface area contributed by atoms with Crippen molar-refractivity contribution in [1.82, 2.24) is 49.3 Å². The average Bonchev–Trinajstić information content (AvgIpc) is 4.18. The third kappa shape index (κ3) is 15.6. The number of halogens is 1. The summed E-state index contributed by atoms with van der Waals surface area (Å²) in [6, 6.07) is 17.5. The second-order valence-corrected chi connectivity index (χ2v) is 22.2. The number of H-pyrrole nitrogens is 1. The van der Waals surface area contributed by atoms with Crippen molar-refractivity contribution in [3.05, 3.63) is 61.2 Å². The number of hydrogen-bond acceptors (Lipinski definition) is 20. The first-order valence-electron chi connectivity index (χ1n) is 29.5. The predicted molar refractivity (Wildman–Crippen MR) is 317 cm³/mol. The van der Waals surface area contributed by atoms with Crippen LogP contribution in [0.1, 0.15) is 109 Å². The quantitative estimate of drug-likeness (QED) is 0.0448. The smallest absolute Gasteiger partial charge is 0.231 e. The molecule has 2 aromatic carbocycles. The third-order valence-corrected chi connectivity index (χ3v) is 16.3. The van der Waals surface area contributed by atoms with E-state index >= 15 is 0 Å². The lowest BCUT2D eigenvalue weighted by Crippen LogP contribution is -2.48. The number of rotatable bonds is 19. The van der Waals surface area contributed by atoms with Crippen LogP contribution < -0.4 is 31.1 Å². The molecule has 4 saturated heterocycles. The summed E-state index contributed by atoms with van der Waals surface area (Å²) < 4.78 is 19.4. The Morgan fingerprint density at radius 1 is 0.605 bits per heavy atom. The van der Waals surface area contributed by atoms with Gasteiger partial charge in [-0.15, -0.1) is 12.4 Å². The van der Waals surface area contributed by atoms with E-state index in [2.05, 4.69) is 96.8 Å². The Morgan fingerprint density at radius 3 is 1.72 bits per heavy atom. The zero-order valence-corrected chi connectivity index (χ0v) is 47.4. The molecule has 0 amide bonds. The fourth-order valence-electron chi connectivity index (χ4n) is 11.8. The maximum Gasteiger partial charge on any atom is 0.231 e. The molecular formula is C58H81ClN16O6. The van der Waals surface area contributed by atoms with Crippen LogP contribution in [0.3, 0.4) is 0 Å². The fraction of sp³-hybridized carbons (Fsp3) is 0.586. The number of anilines is 8. The van der Waals surface area contributed by atoms with Crippen molar-refractivity contribution in [2.75, 3.05) is 123 Å². The minimum Gasteiger partial charge on any atom is -0.389 e. The number of piperazine rings is 2. The SMILES string of the molecule is Cl.O=C(CO)CN1CCN(c2ccc(Nc3nc(NC4CCCCC4)c4[nH]cnc4n3)cc2)CC1.O=C(COC1CCCCO1)CN1CCN(c2ccc(Nc3nc(NC4CCCCC4)c4ncn(C5CCCCO5)c4n3)cc2)CC1. The maximum absolute atomic E-state index is 12.5. The summed E-state index contributed by atoms with van der Waals surface area (Å²) in [4.78, 5) is 64.4. The highest BCUT2D eigenvalue weighted by Crippen LogP contribution is 2.33. The van der Waals surface area contributed by atoms with Gasteiger partial charge in [0.15, 0.2) is 46.3 Å². The van der Waals surface area contributed by atoms with Crippen LogP contribution in [-0.2, 0) is 23.8 Å². The minimum atomic E-state index is -0.385. The highest BCUT2D eigenvalue weighted by Gasteiger charge is 2.26. The Morgan fingerprint density at radius 2 is 1.15 bits per heavy atom. The van der Waals surface area contributed by atoms with Crippen molar-refractivity contribution in [2.45, 2.75) is 127 Å². The van der Waals surface area contributed by atoms with Gasteiger partial charge in [0.2, 0.25) is 11.9 Å². The van der Waals surface area contributed by atoms with E-state index in [1.54, 1.807) is 6.33 Å². The molecule has 0 spiro atoms. The number of ketones is 2. The Hall–Kier alpha value is -6.27. The van der Waals surface area contributed by atoms with Crippen molar-refractivity contribution in [3.63, 3.8) is 0 Å². The van der Waals surface area contributed by atoms with Gasteiger partial charge in [-0.25, -0.2) is 9.97 Å². The van der Waals surface area contributed by atoms with E-state index in [9.17, 15) is 9.59 Å². The van der Waals surface area contributed by atoms with Crippen molar-refractivity contribution in [1.29, 1.82) is 0 Å². The van der Waals surface area contributed by atoms with Gasteiger partial charge in [-0.3, -0.25) is 24.0 Å². The second kappa shape index (κ2) is 28.6. The zero-order valence-electron chi connectivity index (χ0n) is 46.6. The van der Waals surface area contributed by atoms with Crippen molar-refractivity contribution >= 4 is 92.6 Å². The molecule has 12 rings (SSSR count). The lowest BCUT2D eigenvalue weighted by molar-refractivity contribution is -0.169. The number of fused-ring (bicyclic) bond motifs is 2. The number of carbonyl (C=O) groups excluding carboxylic acids is 2. The van der Waals surface area contributed by atoms with Gasteiger partial charge in [0.25, 0.3) is 0 Å². The molecule has 2 saturated carbocycles. The molecule has 0 bridgehead atoms. The van der Waals surface area contributed by atoms with Gasteiger partial charge in [0, 0.05) is 100 Å². The van der Waals surface area contributed by atoms with Gasteiger partial charge in [-0.2, -0.15) is 19.9 Å². The Bertz CT molecular complexity index is 2930. The number of carbonyl (C=O) groups is 2. The van der Waals surface area contributed by atoms with Crippen LogP contribution in [0.15, 0.2) is 61.2 Å². The van der Waals surface area contributed by atoms with Crippen molar-refractivity contribution in [3.8, 4) is 0 Å². The van der Waals surface area contributed by atoms with E-state index in [4.69, 9.17) is 39.3 Å². The minimum absolute atomic E-state index is 0. The van der Waals surface area contributed by atoms with E-state index in [1.807, 2.05) is 18.5 Å². The number of ether oxygens (including phenoxy) is 3. The number of aromatic nitrogens is 8. The maximum atomic E-state index is 12.5. The predicted octanol–water partition coefficient (Wildman–Crippen LogP) is 8.19. The molecular weight excluding hydrogens is 1050 g/mol. The first-order chi connectivity index (χ1) is 39.3. The summed E-state index contributed by atoms with van der Waals surface area (Å²) in [7, 11) is 0. The van der Waals surface area contributed by atoms with Gasteiger partial charge in [-0.1, -0.05) is 38.5 Å². The summed E-state index contributed by atoms with van der Waals surface area (Å²) in [5.74, 6) is 2.64. The molecule has 6 fully saturated rings. The van der Waals surface area contributed by atoms with Gasteiger partial charge in [0.05, 0.1) is 25.7 Å². The van der Waals surface area contributed by atoms with Crippen LogP contribution in [0.2, 0.25) is 0 Å². The van der Waals surface area contributed by atoms with E-state index in [0.29, 0.717) is 42.7 Å². The topological polar surface area (TPSA) is 241 Å². The Labute approximate surface area is 480 Å². The Kier molecular flexibility index (Phi) is 20.5. The number of aliphatic hydroxyl groups is 1. The van der Waals surface area contributed by atoms with Gasteiger partial charge >= 0.3 is 0 Å². The highest BCUT2D eigenvalue weighted by atomic mass is 35.5. The van der Waals surface area contributed by atoms with Crippen molar-refractivity contribution in [2.24, 2.45) is 0 Å². The molecule has 4 aliphatic heterocycles. The molecule has 23 heteroatoms. The number of imidazole rings is 2. The molecule has 81 heavy (non-hydrogen) atoms. The number of aliphatic hydroxyl groups excluding tert-OH is 1. The monoisotopic (exact) mass is 1130 g/mol. The molecule has 6 aliphatic rings.